The summed E-state index contributed by atoms with van der Waals surface area (Å²) in [4.78, 5) is 2.36. The van der Waals surface area contributed by atoms with E-state index < -0.39 is 0 Å². The highest BCUT2D eigenvalue weighted by atomic mass is 16.5. The van der Waals surface area contributed by atoms with Gasteiger partial charge in [-0.2, -0.15) is 0 Å². The van der Waals surface area contributed by atoms with Gasteiger partial charge in [0.05, 0.1) is 17.5 Å². The number of likely N-dealkylation sites (N-methyl/N-ethyl adjacent to an activating group) is 1. The van der Waals surface area contributed by atoms with Crippen LogP contribution in [0.4, 0.5) is 0 Å². The molecular formula is C14H27N3O. The van der Waals surface area contributed by atoms with E-state index in [0.29, 0.717) is 12.5 Å². The van der Waals surface area contributed by atoms with Crippen LogP contribution in [-0.4, -0.2) is 42.1 Å². The Morgan fingerprint density at radius 3 is 2.72 bits per heavy atom. The molecular weight excluding hydrogens is 226 g/mol. The lowest BCUT2D eigenvalue weighted by atomic mass is 9.98. The molecule has 1 aliphatic heterocycles. The Labute approximate surface area is 110 Å². The molecule has 1 heterocycles. The molecule has 2 rings (SSSR count). The summed E-state index contributed by atoms with van der Waals surface area (Å²) in [5.74, 6) is 0.285. The molecule has 1 aliphatic carbocycles. The van der Waals surface area contributed by atoms with Gasteiger partial charge in [-0.05, 0) is 32.2 Å². The molecule has 4 heteroatoms. The van der Waals surface area contributed by atoms with E-state index in [9.17, 15) is 0 Å². The summed E-state index contributed by atoms with van der Waals surface area (Å²) in [7, 11) is 0. The molecule has 18 heavy (non-hydrogen) atoms. The minimum Gasteiger partial charge on any atom is -0.388 e. The molecule has 0 radical (unpaired) electrons. The van der Waals surface area contributed by atoms with Crippen molar-refractivity contribution in [1.82, 2.24) is 4.90 Å². The highest BCUT2D eigenvalue weighted by molar-refractivity contribution is 5.76. The molecule has 1 spiro atoms. The summed E-state index contributed by atoms with van der Waals surface area (Å²) in [5, 5.41) is 7.30. The highest BCUT2D eigenvalue weighted by Crippen LogP contribution is 2.43. The van der Waals surface area contributed by atoms with Crippen molar-refractivity contribution in [2.45, 2.75) is 63.6 Å². The van der Waals surface area contributed by atoms with Crippen LogP contribution in [0.15, 0.2) is 0 Å². The van der Waals surface area contributed by atoms with Crippen LogP contribution < -0.4 is 5.73 Å². The van der Waals surface area contributed by atoms with Crippen molar-refractivity contribution in [3.63, 3.8) is 0 Å². The number of hydrogen-bond acceptors (Lipinski definition) is 3. The quantitative estimate of drug-likeness (QED) is 0.563. The van der Waals surface area contributed by atoms with Crippen molar-refractivity contribution in [3.8, 4) is 0 Å². The van der Waals surface area contributed by atoms with Gasteiger partial charge in [0, 0.05) is 19.5 Å². The lowest BCUT2D eigenvalue weighted by Crippen LogP contribution is -2.36. The number of rotatable bonds is 6. The molecule has 1 saturated carbocycles. The van der Waals surface area contributed by atoms with Gasteiger partial charge >= 0.3 is 0 Å². The number of amidine groups is 1. The Balaban J connectivity index is 1.76. The number of hydrogen-bond donors (Lipinski definition) is 2. The van der Waals surface area contributed by atoms with Gasteiger partial charge in [-0.1, -0.05) is 19.8 Å². The summed E-state index contributed by atoms with van der Waals surface area (Å²) in [6.45, 7) is 5.07. The molecule has 0 aromatic heterocycles. The first-order valence-electron chi connectivity index (χ1n) is 7.37. The Kier molecular flexibility index (Phi) is 4.62. The van der Waals surface area contributed by atoms with Gasteiger partial charge in [0.1, 0.15) is 0 Å². The van der Waals surface area contributed by atoms with Gasteiger partial charge < -0.3 is 15.4 Å². The fourth-order valence-electron chi connectivity index (χ4n) is 3.36. The zero-order valence-electron chi connectivity index (χ0n) is 11.6. The summed E-state index contributed by atoms with van der Waals surface area (Å²) < 4.78 is 6.32. The predicted molar refractivity (Wildman–Crippen MR) is 74.0 cm³/mol. The van der Waals surface area contributed by atoms with Crippen LogP contribution in [0.2, 0.25) is 0 Å². The third kappa shape index (κ3) is 3.45. The Morgan fingerprint density at radius 2 is 2.11 bits per heavy atom. The van der Waals surface area contributed by atoms with Gasteiger partial charge in [-0.15, -0.1) is 0 Å². The van der Waals surface area contributed by atoms with Crippen molar-refractivity contribution in [2.75, 3.05) is 19.6 Å². The van der Waals surface area contributed by atoms with Crippen molar-refractivity contribution in [1.29, 1.82) is 5.41 Å². The van der Waals surface area contributed by atoms with E-state index in [4.69, 9.17) is 15.9 Å². The number of nitrogens with one attached hydrogen (secondary N) is 1. The molecule has 2 fully saturated rings. The van der Waals surface area contributed by atoms with E-state index in [1.54, 1.807) is 0 Å². The van der Waals surface area contributed by atoms with Crippen LogP contribution in [0, 0.1) is 5.41 Å². The largest absolute Gasteiger partial charge is 0.388 e. The van der Waals surface area contributed by atoms with E-state index in [0.717, 1.165) is 19.6 Å². The standard InChI is InChI=1S/C14H27N3O/c1-2-17(10-6-13(15)16)11-12-5-9-14(18-12)7-3-4-8-14/h12H,2-11H2,1H3,(H3,15,16). The van der Waals surface area contributed by atoms with Gasteiger partial charge in [0.2, 0.25) is 0 Å². The lowest BCUT2D eigenvalue weighted by molar-refractivity contribution is -0.0466. The first-order valence-corrected chi connectivity index (χ1v) is 7.37. The summed E-state index contributed by atoms with van der Waals surface area (Å²) in [6, 6.07) is 0. The molecule has 1 saturated heterocycles. The Hall–Kier alpha value is -0.610. The van der Waals surface area contributed by atoms with E-state index in [1.807, 2.05) is 0 Å². The van der Waals surface area contributed by atoms with E-state index >= 15 is 0 Å². The average Bonchev–Trinajstić information content (AvgIpc) is 2.95. The van der Waals surface area contributed by atoms with Gasteiger partial charge in [0.15, 0.2) is 0 Å². The second-order valence-corrected chi connectivity index (χ2v) is 5.84. The molecule has 2 aliphatic rings. The van der Waals surface area contributed by atoms with Gasteiger partial charge in [0.25, 0.3) is 0 Å². The second-order valence-electron chi connectivity index (χ2n) is 5.84. The number of nitrogens with zero attached hydrogens (tertiary/aromatic N) is 1. The highest BCUT2D eigenvalue weighted by Gasteiger charge is 2.42. The first kappa shape index (κ1) is 13.8. The average molecular weight is 253 g/mol. The molecule has 1 atom stereocenters. The van der Waals surface area contributed by atoms with Crippen LogP contribution in [0.3, 0.4) is 0 Å². The van der Waals surface area contributed by atoms with Crippen molar-refractivity contribution in [2.24, 2.45) is 5.73 Å². The SMILES string of the molecule is CCN(CCC(=N)N)CC1CCC2(CCCC2)O1. The fraction of sp³-hybridized carbons (Fsp3) is 0.929. The summed E-state index contributed by atoms with van der Waals surface area (Å²) in [5.41, 5.74) is 5.66. The molecule has 0 aromatic carbocycles. The van der Waals surface area contributed by atoms with E-state index in [-0.39, 0.29) is 11.4 Å². The van der Waals surface area contributed by atoms with Gasteiger partial charge in [-0.3, -0.25) is 5.41 Å². The molecule has 4 nitrogen and oxygen atoms in total. The normalized spacial score (nSPS) is 26.2. The Bertz CT molecular complexity index is 287. The molecule has 104 valence electrons. The molecule has 1 unspecified atom stereocenters. The van der Waals surface area contributed by atoms with E-state index in [1.165, 1.54) is 38.5 Å². The number of nitrogens with two attached hydrogens (primary N) is 1. The fourth-order valence-corrected chi connectivity index (χ4v) is 3.36. The maximum atomic E-state index is 7.30. The van der Waals surface area contributed by atoms with Crippen molar-refractivity contribution >= 4 is 5.84 Å². The van der Waals surface area contributed by atoms with Gasteiger partial charge in [-0.25, -0.2) is 0 Å². The maximum Gasteiger partial charge on any atom is 0.0918 e. The van der Waals surface area contributed by atoms with E-state index in [2.05, 4.69) is 11.8 Å². The van der Waals surface area contributed by atoms with Crippen LogP contribution in [0.25, 0.3) is 0 Å². The van der Waals surface area contributed by atoms with Crippen LogP contribution >= 0.6 is 0 Å². The minimum atomic E-state index is 0.241. The third-order valence-corrected chi connectivity index (χ3v) is 4.46. The molecule has 0 bridgehead atoms. The molecule has 3 N–H and O–H groups in total. The maximum absolute atomic E-state index is 7.30. The summed E-state index contributed by atoms with van der Waals surface area (Å²) in [6.07, 6.45) is 8.74. The Morgan fingerprint density at radius 1 is 1.39 bits per heavy atom. The zero-order valence-corrected chi connectivity index (χ0v) is 11.6. The predicted octanol–water partition coefficient (Wildman–Crippen LogP) is 2.13. The summed E-state index contributed by atoms with van der Waals surface area (Å²) >= 11 is 0. The smallest absolute Gasteiger partial charge is 0.0918 e. The topological polar surface area (TPSA) is 62.3 Å². The van der Waals surface area contributed by atoms with Crippen LogP contribution in [0.5, 0.6) is 0 Å². The van der Waals surface area contributed by atoms with Crippen LogP contribution in [0.1, 0.15) is 51.9 Å². The zero-order chi connectivity index (χ0) is 13.0. The van der Waals surface area contributed by atoms with Crippen molar-refractivity contribution in [3.05, 3.63) is 0 Å². The number of ether oxygens (including phenoxy) is 1. The lowest BCUT2D eigenvalue weighted by Gasteiger charge is -2.27. The monoisotopic (exact) mass is 253 g/mol. The van der Waals surface area contributed by atoms with Crippen LogP contribution in [-0.2, 0) is 4.74 Å². The first-order chi connectivity index (χ1) is 8.63. The molecule has 0 aromatic rings. The van der Waals surface area contributed by atoms with Crippen molar-refractivity contribution < 1.29 is 4.74 Å². The third-order valence-electron chi connectivity index (χ3n) is 4.46. The molecule has 0 amide bonds. The second kappa shape index (κ2) is 6.02. The minimum absolute atomic E-state index is 0.241.